The molecule has 2 aromatic rings. The van der Waals surface area contributed by atoms with Crippen LogP contribution in [0.4, 0.5) is 4.39 Å². The molecule has 1 aromatic carbocycles. The number of pyridine rings is 1. The summed E-state index contributed by atoms with van der Waals surface area (Å²) < 4.78 is 12.5. The van der Waals surface area contributed by atoms with Crippen LogP contribution in [0.2, 0.25) is 0 Å². The molecule has 0 saturated heterocycles. The van der Waals surface area contributed by atoms with Crippen molar-refractivity contribution in [2.45, 2.75) is 18.7 Å². The monoisotopic (exact) mass is 303 g/mol. The summed E-state index contributed by atoms with van der Waals surface area (Å²) in [7, 11) is 4.00. The summed E-state index contributed by atoms with van der Waals surface area (Å²) >= 11 is 0. The van der Waals surface area contributed by atoms with E-state index in [0.29, 0.717) is 5.56 Å². The lowest BCUT2D eigenvalue weighted by Gasteiger charge is -2.16. The molecule has 0 spiro atoms. The van der Waals surface area contributed by atoms with Crippen LogP contribution in [-0.2, 0) is 6.54 Å². The minimum Gasteiger partial charge on any atom is -0.387 e. The van der Waals surface area contributed by atoms with E-state index in [-0.39, 0.29) is 0 Å². The Morgan fingerprint density at radius 2 is 1.77 bits per heavy atom. The van der Waals surface area contributed by atoms with Gasteiger partial charge in [0.1, 0.15) is 6.67 Å². The molecule has 0 aliphatic rings. The number of nitrogens with zero attached hydrogens (tertiary/aromatic N) is 2. The first-order valence-corrected chi connectivity index (χ1v) is 7.21. The summed E-state index contributed by atoms with van der Waals surface area (Å²) in [5.41, 5.74) is 9.13. The van der Waals surface area contributed by atoms with Crippen molar-refractivity contribution in [3.05, 3.63) is 53.9 Å². The maximum Gasteiger partial charge on any atom is 0.107 e. The number of halogens is 1. The van der Waals surface area contributed by atoms with Gasteiger partial charge in [0.2, 0.25) is 0 Å². The molecular weight excluding hydrogens is 281 g/mol. The Kier molecular flexibility index (Phi) is 5.60. The zero-order valence-corrected chi connectivity index (χ0v) is 12.9. The molecule has 2 rings (SSSR count). The number of hydrogen-bond donors (Lipinski definition) is 2. The van der Waals surface area contributed by atoms with Gasteiger partial charge in [0.15, 0.2) is 0 Å². The van der Waals surface area contributed by atoms with E-state index in [1.807, 2.05) is 44.6 Å². The number of nitrogens with two attached hydrogens (primary N) is 1. The van der Waals surface area contributed by atoms with Crippen LogP contribution in [0, 0.1) is 0 Å². The first-order valence-electron chi connectivity index (χ1n) is 7.21. The molecule has 2 atom stereocenters. The van der Waals surface area contributed by atoms with Crippen LogP contribution < -0.4 is 5.73 Å². The normalized spacial score (nSPS) is 14.1. The van der Waals surface area contributed by atoms with Gasteiger partial charge in [-0.1, -0.05) is 30.3 Å². The topological polar surface area (TPSA) is 62.4 Å². The van der Waals surface area contributed by atoms with E-state index in [0.717, 1.165) is 23.4 Å². The van der Waals surface area contributed by atoms with Crippen LogP contribution in [0.15, 0.2) is 42.6 Å². The van der Waals surface area contributed by atoms with Crippen molar-refractivity contribution in [1.29, 1.82) is 0 Å². The Balaban J connectivity index is 2.13. The maximum atomic E-state index is 12.5. The summed E-state index contributed by atoms with van der Waals surface area (Å²) in [4.78, 5) is 6.50. The molecule has 2 unspecified atom stereocenters. The van der Waals surface area contributed by atoms with Gasteiger partial charge in [0.05, 0.1) is 17.8 Å². The van der Waals surface area contributed by atoms with Gasteiger partial charge in [0, 0.05) is 18.3 Å². The Labute approximate surface area is 130 Å². The number of aromatic nitrogens is 1. The number of alkyl halides is 1. The second-order valence-electron chi connectivity index (χ2n) is 5.66. The fourth-order valence-corrected chi connectivity index (χ4v) is 2.22. The van der Waals surface area contributed by atoms with Crippen LogP contribution in [-0.4, -0.2) is 41.8 Å². The Morgan fingerprint density at radius 1 is 1.14 bits per heavy atom. The van der Waals surface area contributed by atoms with Gasteiger partial charge in [-0.15, -0.1) is 0 Å². The minimum atomic E-state index is -0.986. The van der Waals surface area contributed by atoms with E-state index >= 15 is 0 Å². The molecule has 0 fully saturated rings. The lowest BCUT2D eigenvalue weighted by atomic mass is 10.00. The van der Waals surface area contributed by atoms with Crippen molar-refractivity contribution in [3.63, 3.8) is 0 Å². The molecule has 0 bridgehead atoms. The third kappa shape index (κ3) is 4.10. The van der Waals surface area contributed by atoms with Crippen molar-refractivity contribution < 1.29 is 9.50 Å². The fraction of sp³-hybridized carbons (Fsp3) is 0.353. The Hall–Kier alpha value is -1.82. The predicted octanol–water partition coefficient (Wildman–Crippen LogP) is 2.14. The molecular formula is C17H22FN3O. The van der Waals surface area contributed by atoms with Crippen LogP contribution in [0.3, 0.4) is 0 Å². The molecule has 4 nitrogen and oxygen atoms in total. The lowest BCUT2D eigenvalue weighted by molar-refractivity contribution is 0.132. The number of rotatable bonds is 6. The zero-order chi connectivity index (χ0) is 16.1. The van der Waals surface area contributed by atoms with Crippen molar-refractivity contribution in [1.82, 2.24) is 9.88 Å². The number of hydrogen-bond acceptors (Lipinski definition) is 4. The van der Waals surface area contributed by atoms with E-state index in [4.69, 9.17) is 5.73 Å². The lowest BCUT2D eigenvalue weighted by Crippen LogP contribution is -2.30. The average Bonchev–Trinajstić information content (AvgIpc) is 2.54. The zero-order valence-electron chi connectivity index (χ0n) is 12.9. The maximum absolute atomic E-state index is 12.5. The van der Waals surface area contributed by atoms with Gasteiger partial charge in [-0.05, 0) is 31.3 Å². The highest BCUT2D eigenvalue weighted by atomic mass is 19.1. The molecule has 1 heterocycles. The Morgan fingerprint density at radius 3 is 2.27 bits per heavy atom. The molecule has 5 heteroatoms. The molecule has 1 aromatic heterocycles. The molecule has 0 saturated carbocycles. The summed E-state index contributed by atoms with van der Waals surface area (Å²) in [6.45, 7) is 0.0483. The number of aliphatic hydroxyl groups excluding tert-OH is 1. The average molecular weight is 303 g/mol. The van der Waals surface area contributed by atoms with E-state index in [2.05, 4.69) is 9.88 Å². The van der Waals surface area contributed by atoms with E-state index in [1.54, 1.807) is 12.1 Å². The highest BCUT2D eigenvalue weighted by molar-refractivity contribution is 5.62. The quantitative estimate of drug-likeness (QED) is 0.858. The highest BCUT2D eigenvalue weighted by Crippen LogP contribution is 2.23. The van der Waals surface area contributed by atoms with Crippen molar-refractivity contribution >= 4 is 0 Å². The first kappa shape index (κ1) is 16.5. The molecule has 0 aliphatic carbocycles. The molecule has 3 N–H and O–H groups in total. The predicted molar refractivity (Wildman–Crippen MR) is 86.0 cm³/mol. The third-order valence-corrected chi connectivity index (χ3v) is 3.47. The van der Waals surface area contributed by atoms with Crippen LogP contribution in [0.25, 0.3) is 11.1 Å². The van der Waals surface area contributed by atoms with Crippen LogP contribution >= 0.6 is 0 Å². The third-order valence-electron chi connectivity index (χ3n) is 3.47. The van der Waals surface area contributed by atoms with Gasteiger partial charge in [-0.2, -0.15) is 0 Å². The van der Waals surface area contributed by atoms with Crippen molar-refractivity contribution in [3.8, 4) is 11.1 Å². The molecule has 22 heavy (non-hydrogen) atoms. The van der Waals surface area contributed by atoms with E-state index < -0.39 is 18.8 Å². The summed E-state index contributed by atoms with van der Waals surface area (Å²) in [5, 5.41) is 9.89. The molecule has 0 aliphatic heterocycles. The second-order valence-corrected chi connectivity index (χ2v) is 5.66. The standard InChI is InChI=1S/C17H22FN3O/c1-21(2)11-15-8-7-14(10-20-15)12-3-5-13(6-4-12)17(22)16(19)9-18/h3-8,10,16-17,22H,9,11,19H2,1-2H3. The van der Waals surface area contributed by atoms with Gasteiger partial charge in [-0.25, -0.2) is 4.39 Å². The van der Waals surface area contributed by atoms with Crippen molar-refractivity contribution in [2.24, 2.45) is 5.73 Å². The molecule has 0 amide bonds. The smallest absolute Gasteiger partial charge is 0.107 e. The second kappa shape index (κ2) is 7.45. The van der Waals surface area contributed by atoms with Crippen LogP contribution in [0.1, 0.15) is 17.4 Å². The number of benzene rings is 1. The number of aliphatic hydroxyl groups is 1. The fourth-order valence-electron chi connectivity index (χ4n) is 2.22. The van der Waals surface area contributed by atoms with Gasteiger partial charge in [-0.3, -0.25) is 4.98 Å². The molecule has 0 radical (unpaired) electrons. The molecule has 118 valence electrons. The van der Waals surface area contributed by atoms with Gasteiger partial charge in [0.25, 0.3) is 0 Å². The van der Waals surface area contributed by atoms with Crippen molar-refractivity contribution in [2.75, 3.05) is 20.8 Å². The van der Waals surface area contributed by atoms with Crippen LogP contribution in [0.5, 0.6) is 0 Å². The highest BCUT2D eigenvalue weighted by Gasteiger charge is 2.16. The first-order chi connectivity index (χ1) is 10.5. The summed E-state index contributed by atoms with van der Waals surface area (Å²) in [6.07, 6.45) is 0.844. The Bertz CT molecular complexity index is 584. The minimum absolute atomic E-state index is 0.617. The summed E-state index contributed by atoms with van der Waals surface area (Å²) in [5.74, 6) is 0. The van der Waals surface area contributed by atoms with Gasteiger partial charge >= 0.3 is 0 Å². The SMILES string of the molecule is CN(C)Cc1ccc(-c2ccc(C(O)C(N)CF)cc2)cn1. The van der Waals surface area contributed by atoms with E-state index in [1.165, 1.54) is 0 Å². The van der Waals surface area contributed by atoms with Gasteiger partial charge < -0.3 is 15.7 Å². The summed E-state index contributed by atoms with van der Waals surface area (Å²) in [6, 6.07) is 10.4. The van der Waals surface area contributed by atoms with E-state index in [9.17, 15) is 9.50 Å². The largest absolute Gasteiger partial charge is 0.387 e.